The minimum Gasteiger partial charge on any atom is -0.344 e. The van der Waals surface area contributed by atoms with Gasteiger partial charge in [-0.3, -0.25) is 0 Å². The molecule has 4 aromatic rings. The van der Waals surface area contributed by atoms with Gasteiger partial charge in [-0.25, -0.2) is 0 Å². The molecule has 1 aliphatic rings. The zero-order valence-electron chi connectivity index (χ0n) is 21.5. The third-order valence-corrected chi connectivity index (χ3v) is 12.7. The van der Waals surface area contributed by atoms with E-state index in [4.69, 9.17) is 55.9 Å². The Balaban J connectivity index is 1.48. The van der Waals surface area contributed by atoms with Gasteiger partial charge in [0, 0.05) is 32.4 Å². The Morgan fingerprint density at radius 3 is 0.949 bits per heavy atom. The third-order valence-electron chi connectivity index (χ3n) is 6.56. The zero-order chi connectivity index (χ0) is 27.6. The molecule has 0 spiro atoms. The number of ether oxygens (including phenoxy) is 2. The molecule has 39 heavy (non-hydrogen) atoms. The second-order valence-electron chi connectivity index (χ2n) is 9.84. The topological polar surface area (TPSA) is 18.5 Å². The van der Waals surface area contributed by atoms with Gasteiger partial charge in [-0.05, 0) is 99.4 Å². The van der Waals surface area contributed by atoms with Gasteiger partial charge in [0.25, 0.3) is 0 Å². The molecule has 1 heterocycles. The molecule has 0 unspecified atom stereocenters. The first-order valence-electron chi connectivity index (χ1n) is 12.6. The van der Waals surface area contributed by atoms with E-state index in [9.17, 15) is 0 Å². The Bertz CT molecular complexity index is 1180. The standard InChI is InChI=1S/C31H28Cl4O2P2/c1-31(2)36-29(19-38(25-11-3-21(32)4-12-25)26-13-5-22(33)6-14-26)30(37-31)20-39(27-15-7-23(34)8-16-27)28-17-9-24(35)10-18-28/h3-18,29-30H,19-20H2,1-2H3/t29-,30-/m0/s1. The summed E-state index contributed by atoms with van der Waals surface area (Å²) in [6.45, 7) is 4.00. The molecule has 0 radical (unpaired) electrons. The van der Waals surface area contributed by atoms with Gasteiger partial charge in [0.2, 0.25) is 0 Å². The van der Waals surface area contributed by atoms with Crippen LogP contribution in [0.4, 0.5) is 0 Å². The van der Waals surface area contributed by atoms with Crippen LogP contribution in [0.1, 0.15) is 13.8 Å². The van der Waals surface area contributed by atoms with Crippen molar-refractivity contribution in [1.82, 2.24) is 0 Å². The lowest BCUT2D eigenvalue weighted by Gasteiger charge is -2.27. The lowest BCUT2D eigenvalue weighted by molar-refractivity contribution is -0.142. The maximum atomic E-state index is 6.60. The molecule has 0 amide bonds. The van der Waals surface area contributed by atoms with Gasteiger partial charge in [0.15, 0.2) is 5.79 Å². The highest BCUT2D eigenvalue weighted by molar-refractivity contribution is 7.73. The molecular weight excluding hydrogens is 608 g/mol. The fourth-order valence-corrected chi connectivity index (χ4v) is 10.1. The van der Waals surface area contributed by atoms with Gasteiger partial charge in [-0.15, -0.1) is 0 Å². The molecule has 0 N–H and O–H groups in total. The smallest absolute Gasteiger partial charge is 0.163 e. The van der Waals surface area contributed by atoms with Crippen molar-refractivity contribution < 1.29 is 9.47 Å². The number of benzene rings is 4. The van der Waals surface area contributed by atoms with Crippen LogP contribution in [0.15, 0.2) is 97.1 Å². The number of rotatable bonds is 8. The van der Waals surface area contributed by atoms with Crippen molar-refractivity contribution in [1.29, 1.82) is 0 Å². The molecule has 0 saturated carbocycles. The maximum absolute atomic E-state index is 6.60. The van der Waals surface area contributed by atoms with Crippen molar-refractivity contribution >= 4 is 83.5 Å². The van der Waals surface area contributed by atoms with Crippen LogP contribution in [0.5, 0.6) is 0 Å². The molecule has 8 heteroatoms. The van der Waals surface area contributed by atoms with Crippen molar-refractivity contribution in [2.75, 3.05) is 12.3 Å². The molecule has 2 atom stereocenters. The van der Waals surface area contributed by atoms with Crippen molar-refractivity contribution in [2.24, 2.45) is 0 Å². The Morgan fingerprint density at radius 2 is 0.718 bits per heavy atom. The molecule has 5 rings (SSSR count). The molecular formula is C31H28Cl4O2P2. The maximum Gasteiger partial charge on any atom is 0.163 e. The normalized spacial score (nSPS) is 18.7. The van der Waals surface area contributed by atoms with Gasteiger partial charge >= 0.3 is 0 Å². The summed E-state index contributed by atoms with van der Waals surface area (Å²) in [5.74, 6) is -0.683. The minimum absolute atomic E-state index is 0.0953. The van der Waals surface area contributed by atoms with Crippen LogP contribution in [0.3, 0.4) is 0 Å². The lowest BCUT2D eigenvalue weighted by atomic mass is 10.3. The van der Waals surface area contributed by atoms with Gasteiger partial charge in [0.1, 0.15) is 0 Å². The van der Waals surface area contributed by atoms with E-state index in [2.05, 4.69) is 48.5 Å². The van der Waals surface area contributed by atoms with Crippen LogP contribution in [0.25, 0.3) is 0 Å². The molecule has 1 saturated heterocycles. The fraction of sp³-hybridized carbons (Fsp3) is 0.226. The van der Waals surface area contributed by atoms with Gasteiger partial charge in [0.05, 0.1) is 12.2 Å². The Labute approximate surface area is 253 Å². The van der Waals surface area contributed by atoms with Gasteiger partial charge in [-0.2, -0.15) is 0 Å². The molecule has 1 aliphatic heterocycles. The van der Waals surface area contributed by atoms with Crippen LogP contribution in [-0.2, 0) is 9.47 Å². The summed E-state index contributed by atoms with van der Waals surface area (Å²) < 4.78 is 13.2. The fourth-order valence-electron chi connectivity index (χ4n) is 4.78. The Morgan fingerprint density at radius 1 is 0.487 bits per heavy atom. The summed E-state index contributed by atoms with van der Waals surface area (Å²) >= 11 is 25.0. The molecule has 0 aliphatic carbocycles. The van der Waals surface area contributed by atoms with Crippen LogP contribution < -0.4 is 21.2 Å². The molecule has 0 aromatic heterocycles. The second kappa shape index (κ2) is 12.8. The highest BCUT2D eigenvalue weighted by Crippen LogP contribution is 2.44. The molecule has 202 valence electrons. The zero-order valence-corrected chi connectivity index (χ0v) is 26.3. The predicted octanol–water partition coefficient (Wildman–Crippen LogP) is 8.39. The highest BCUT2D eigenvalue weighted by atomic mass is 35.5. The minimum atomic E-state index is -0.747. The number of hydrogen-bond donors (Lipinski definition) is 0. The van der Waals surface area contributed by atoms with Crippen LogP contribution in [-0.4, -0.2) is 30.3 Å². The van der Waals surface area contributed by atoms with Crippen molar-refractivity contribution in [3.05, 3.63) is 117 Å². The lowest BCUT2D eigenvalue weighted by Crippen LogP contribution is -2.33. The highest BCUT2D eigenvalue weighted by Gasteiger charge is 2.43. The SMILES string of the molecule is CC1(C)O[C@@H](CP(c2ccc(Cl)cc2)c2ccc(Cl)cc2)[C@H](CP(c2ccc(Cl)cc2)c2ccc(Cl)cc2)O1. The first kappa shape index (κ1) is 29.3. The summed E-state index contributed by atoms with van der Waals surface area (Å²) in [5.41, 5.74) is 0. The van der Waals surface area contributed by atoms with Crippen LogP contribution in [0.2, 0.25) is 20.1 Å². The van der Waals surface area contributed by atoms with Crippen molar-refractivity contribution in [3.63, 3.8) is 0 Å². The van der Waals surface area contributed by atoms with E-state index in [1.54, 1.807) is 0 Å². The average Bonchev–Trinajstić information content (AvgIpc) is 3.21. The monoisotopic (exact) mass is 634 g/mol. The molecule has 0 bridgehead atoms. The van der Waals surface area contributed by atoms with E-state index >= 15 is 0 Å². The number of halogens is 4. The van der Waals surface area contributed by atoms with E-state index < -0.39 is 21.6 Å². The third kappa shape index (κ3) is 7.56. The summed E-state index contributed by atoms with van der Waals surface area (Å²) in [4.78, 5) is 0. The quantitative estimate of drug-likeness (QED) is 0.181. The van der Waals surface area contributed by atoms with E-state index in [0.717, 1.165) is 32.4 Å². The Kier molecular flexibility index (Phi) is 9.60. The molecule has 4 aromatic carbocycles. The summed E-state index contributed by atoms with van der Waals surface area (Å²) in [5, 5.41) is 7.84. The summed E-state index contributed by atoms with van der Waals surface area (Å²) in [7, 11) is -1.49. The largest absolute Gasteiger partial charge is 0.344 e. The summed E-state index contributed by atoms with van der Waals surface area (Å²) in [6, 6.07) is 32.6. The summed E-state index contributed by atoms with van der Waals surface area (Å²) in [6.07, 6.45) is 1.44. The second-order valence-corrected chi connectivity index (χ2v) is 16.1. The Hall–Kier alpha value is -1.18. The number of hydrogen-bond acceptors (Lipinski definition) is 2. The predicted molar refractivity (Wildman–Crippen MR) is 172 cm³/mol. The van der Waals surface area contributed by atoms with Gasteiger partial charge in [-0.1, -0.05) is 94.9 Å². The molecule has 2 nitrogen and oxygen atoms in total. The first-order chi connectivity index (χ1) is 18.7. The van der Waals surface area contributed by atoms with E-state index in [0.29, 0.717) is 0 Å². The van der Waals surface area contributed by atoms with E-state index in [1.165, 1.54) is 21.2 Å². The van der Waals surface area contributed by atoms with Crippen LogP contribution >= 0.6 is 62.2 Å². The van der Waals surface area contributed by atoms with Crippen molar-refractivity contribution in [2.45, 2.75) is 31.8 Å². The van der Waals surface area contributed by atoms with E-state index in [1.807, 2.05) is 62.4 Å². The van der Waals surface area contributed by atoms with Crippen LogP contribution in [0, 0.1) is 0 Å². The first-order valence-corrected chi connectivity index (χ1v) is 17.2. The molecule has 1 fully saturated rings. The van der Waals surface area contributed by atoms with Gasteiger partial charge < -0.3 is 9.47 Å². The van der Waals surface area contributed by atoms with Crippen molar-refractivity contribution in [3.8, 4) is 0 Å². The average molecular weight is 636 g/mol. The van der Waals surface area contributed by atoms with E-state index in [-0.39, 0.29) is 12.2 Å².